The Morgan fingerprint density at radius 3 is 2.59 bits per heavy atom. The molecule has 2 aliphatic heterocycles. The van der Waals surface area contributed by atoms with E-state index in [2.05, 4.69) is 25.0 Å². The van der Waals surface area contributed by atoms with Gasteiger partial charge in [0.2, 0.25) is 5.91 Å². The van der Waals surface area contributed by atoms with E-state index >= 15 is 0 Å². The third kappa shape index (κ3) is 5.26. The van der Waals surface area contributed by atoms with Gasteiger partial charge in [0.15, 0.2) is 5.82 Å². The zero-order valence-corrected chi connectivity index (χ0v) is 17.9. The summed E-state index contributed by atoms with van der Waals surface area (Å²) < 4.78 is 7.27. The van der Waals surface area contributed by atoms with Gasteiger partial charge in [0.05, 0.1) is 13.2 Å². The average Bonchev–Trinajstić information content (AvgIpc) is 3.00. The molecule has 9 nitrogen and oxygen atoms in total. The van der Waals surface area contributed by atoms with Crippen molar-refractivity contribution in [1.82, 2.24) is 29.9 Å². The average molecular weight is 407 g/mol. The van der Waals surface area contributed by atoms with Gasteiger partial charge in [-0.2, -0.15) is 0 Å². The molecule has 2 amide bonds. The van der Waals surface area contributed by atoms with Crippen molar-refractivity contribution in [3.8, 4) is 0 Å². The number of fused-ring (bicyclic) bond motifs is 1. The van der Waals surface area contributed by atoms with Gasteiger partial charge in [-0.05, 0) is 26.2 Å². The lowest BCUT2D eigenvalue weighted by Crippen LogP contribution is -2.47. The summed E-state index contributed by atoms with van der Waals surface area (Å²) in [5.41, 5.74) is 0. The Labute approximate surface area is 172 Å². The normalized spacial score (nSPS) is 19.3. The van der Waals surface area contributed by atoms with Crippen molar-refractivity contribution in [3.63, 3.8) is 0 Å². The molecule has 0 spiro atoms. The minimum Gasteiger partial charge on any atom is -0.450 e. The van der Waals surface area contributed by atoms with Gasteiger partial charge in [-0.15, -0.1) is 10.2 Å². The molecular formula is C20H34N6O3. The predicted octanol–water partition coefficient (Wildman–Crippen LogP) is 1.42. The maximum atomic E-state index is 12.1. The van der Waals surface area contributed by atoms with Gasteiger partial charge in [-0.1, -0.05) is 13.8 Å². The fourth-order valence-corrected chi connectivity index (χ4v) is 4.05. The number of piperidine rings is 1. The van der Waals surface area contributed by atoms with Gasteiger partial charge >= 0.3 is 6.09 Å². The van der Waals surface area contributed by atoms with Crippen molar-refractivity contribution in [2.75, 3.05) is 32.8 Å². The summed E-state index contributed by atoms with van der Waals surface area (Å²) in [6, 6.07) is 0.479. The first-order valence-electron chi connectivity index (χ1n) is 10.9. The maximum absolute atomic E-state index is 12.1. The first-order valence-corrected chi connectivity index (χ1v) is 10.9. The second kappa shape index (κ2) is 10.0. The number of amides is 2. The molecule has 1 saturated heterocycles. The van der Waals surface area contributed by atoms with E-state index in [1.807, 2.05) is 25.7 Å². The van der Waals surface area contributed by atoms with Crippen molar-refractivity contribution in [3.05, 3.63) is 11.6 Å². The Morgan fingerprint density at radius 1 is 1.14 bits per heavy atom. The molecule has 1 fully saturated rings. The first-order chi connectivity index (χ1) is 14.0. The molecule has 29 heavy (non-hydrogen) atoms. The molecule has 3 heterocycles. The van der Waals surface area contributed by atoms with E-state index in [1.54, 1.807) is 0 Å². The van der Waals surface area contributed by atoms with Crippen LogP contribution in [0.2, 0.25) is 0 Å². The largest absolute Gasteiger partial charge is 0.450 e. The Bertz CT molecular complexity index is 698. The molecule has 1 aromatic rings. The van der Waals surface area contributed by atoms with Crippen molar-refractivity contribution in [1.29, 1.82) is 0 Å². The van der Waals surface area contributed by atoms with E-state index in [0.717, 1.165) is 70.1 Å². The Kier molecular flexibility index (Phi) is 7.46. The van der Waals surface area contributed by atoms with Gasteiger partial charge in [0.1, 0.15) is 5.82 Å². The Balaban J connectivity index is 1.52. The number of rotatable bonds is 6. The van der Waals surface area contributed by atoms with Crippen LogP contribution in [-0.4, -0.2) is 75.4 Å². The topological polar surface area (TPSA) is 92.6 Å². The van der Waals surface area contributed by atoms with Gasteiger partial charge in [0.25, 0.3) is 0 Å². The van der Waals surface area contributed by atoms with Gasteiger partial charge < -0.3 is 19.5 Å². The molecule has 3 rings (SSSR count). The number of carbonyl (C=O) groups is 2. The molecule has 0 bridgehead atoms. The zero-order valence-electron chi connectivity index (χ0n) is 17.9. The number of aromatic nitrogens is 3. The van der Waals surface area contributed by atoms with E-state index in [1.165, 1.54) is 0 Å². The van der Waals surface area contributed by atoms with Gasteiger partial charge in [-0.25, -0.2) is 4.79 Å². The lowest BCUT2D eigenvalue weighted by molar-refractivity contribution is -0.124. The second-order valence-corrected chi connectivity index (χ2v) is 7.91. The third-order valence-electron chi connectivity index (χ3n) is 6.13. The van der Waals surface area contributed by atoms with Gasteiger partial charge in [-0.3, -0.25) is 9.69 Å². The number of hydrogen-bond donors (Lipinski definition) is 1. The van der Waals surface area contributed by atoms with Crippen LogP contribution in [-0.2, 0) is 29.0 Å². The van der Waals surface area contributed by atoms with Crippen LogP contribution >= 0.6 is 0 Å². The van der Waals surface area contributed by atoms with Crippen molar-refractivity contribution in [2.45, 2.75) is 65.6 Å². The molecule has 1 N–H and O–H groups in total. The summed E-state index contributed by atoms with van der Waals surface area (Å²) in [4.78, 5) is 28.3. The highest BCUT2D eigenvalue weighted by molar-refractivity contribution is 5.78. The van der Waals surface area contributed by atoms with E-state index in [4.69, 9.17) is 4.74 Å². The quantitative estimate of drug-likeness (QED) is 0.768. The summed E-state index contributed by atoms with van der Waals surface area (Å²) in [6.07, 6.45) is 3.42. The highest BCUT2D eigenvalue weighted by Crippen LogP contribution is 2.20. The first kappa shape index (κ1) is 21.5. The molecule has 1 atom stereocenters. The number of nitrogens with zero attached hydrogens (tertiary/aromatic N) is 5. The van der Waals surface area contributed by atoms with E-state index < -0.39 is 0 Å². The number of carbonyl (C=O) groups excluding carboxylic acids is 2. The maximum Gasteiger partial charge on any atom is 0.409 e. The van der Waals surface area contributed by atoms with Crippen LogP contribution in [0.1, 0.15) is 51.7 Å². The number of hydrogen-bond acceptors (Lipinski definition) is 6. The summed E-state index contributed by atoms with van der Waals surface area (Å²) in [6.45, 7) is 10.8. The van der Waals surface area contributed by atoms with E-state index in [0.29, 0.717) is 19.2 Å². The van der Waals surface area contributed by atoms with Crippen molar-refractivity contribution in [2.24, 2.45) is 5.92 Å². The van der Waals surface area contributed by atoms with Crippen LogP contribution < -0.4 is 5.32 Å². The molecule has 0 saturated carbocycles. The van der Waals surface area contributed by atoms with Crippen LogP contribution in [0, 0.1) is 5.92 Å². The van der Waals surface area contributed by atoms with E-state index in [9.17, 15) is 9.59 Å². The van der Waals surface area contributed by atoms with Crippen LogP contribution in [0.5, 0.6) is 0 Å². The SMILES string of the molecule is CCOC(=O)N1CCC(N2CCc3nnc(CNC(=O)C(C)CC)n3CC2)CC1. The smallest absolute Gasteiger partial charge is 0.409 e. The highest BCUT2D eigenvalue weighted by atomic mass is 16.6. The molecule has 162 valence electrons. The number of likely N-dealkylation sites (tertiary alicyclic amines) is 1. The summed E-state index contributed by atoms with van der Waals surface area (Å²) in [5, 5.41) is 11.6. The number of ether oxygens (including phenoxy) is 1. The number of nitrogens with one attached hydrogen (secondary N) is 1. The molecule has 0 aliphatic carbocycles. The lowest BCUT2D eigenvalue weighted by atomic mass is 10.0. The molecule has 0 aromatic carbocycles. The highest BCUT2D eigenvalue weighted by Gasteiger charge is 2.29. The Morgan fingerprint density at radius 2 is 1.90 bits per heavy atom. The van der Waals surface area contributed by atoms with Crippen molar-refractivity contribution < 1.29 is 14.3 Å². The molecular weight excluding hydrogens is 372 g/mol. The zero-order chi connectivity index (χ0) is 20.8. The lowest BCUT2D eigenvalue weighted by Gasteiger charge is -2.37. The fraction of sp³-hybridized carbons (Fsp3) is 0.800. The molecule has 0 radical (unpaired) electrons. The standard InChI is InChI=1S/C20H34N6O3/c1-4-15(3)19(27)21-14-18-23-22-17-8-11-24(12-13-26(17)18)16-6-9-25(10-7-16)20(28)29-5-2/h15-16H,4-14H2,1-3H3,(H,21,27). The minimum atomic E-state index is -0.197. The third-order valence-corrected chi connectivity index (χ3v) is 6.13. The molecule has 1 unspecified atom stereocenters. The van der Waals surface area contributed by atoms with Crippen LogP contribution in [0.25, 0.3) is 0 Å². The fourth-order valence-electron chi connectivity index (χ4n) is 4.05. The monoisotopic (exact) mass is 406 g/mol. The summed E-state index contributed by atoms with van der Waals surface area (Å²) >= 11 is 0. The molecule has 2 aliphatic rings. The summed E-state index contributed by atoms with van der Waals surface area (Å²) in [5.74, 6) is 1.89. The van der Waals surface area contributed by atoms with Crippen LogP contribution in [0.15, 0.2) is 0 Å². The van der Waals surface area contributed by atoms with Crippen LogP contribution in [0.4, 0.5) is 4.79 Å². The Hall–Kier alpha value is -2.16. The van der Waals surface area contributed by atoms with Gasteiger partial charge in [0, 0.05) is 51.1 Å². The summed E-state index contributed by atoms with van der Waals surface area (Å²) in [7, 11) is 0. The molecule has 9 heteroatoms. The minimum absolute atomic E-state index is 0.0116. The second-order valence-electron chi connectivity index (χ2n) is 7.91. The molecule has 1 aromatic heterocycles. The predicted molar refractivity (Wildman–Crippen MR) is 108 cm³/mol. The van der Waals surface area contributed by atoms with Crippen molar-refractivity contribution >= 4 is 12.0 Å². The van der Waals surface area contributed by atoms with E-state index in [-0.39, 0.29) is 17.9 Å². The van der Waals surface area contributed by atoms with Crippen LogP contribution in [0.3, 0.4) is 0 Å².